The van der Waals surface area contributed by atoms with Crippen LogP contribution in [0.15, 0.2) is 0 Å². The van der Waals surface area contributed by atoms with Gasteiger partial charge in [-0.25, -0.2) is 0 Å². The molecule has 0 aromatic rings. The maximum atomic E-state index is 12.3. The second-order valence-electron chi connectivity index (χ2n) is 5.79. The molecular formula is C14H26N2O. The van der Waals surface area contributed by atoms with Crippen LogP contribution < -0.4 is 0 Å². The number of carbonyl (C=O) groups is 1. The molecule has 1 heterocycles. The molecule has 2 rings (SSSR count). The number of nitrogens with zero attached hydrogens (tertiary/aromatic N) is 2. The molecule has 0 radical (unpaired) electrons. The summed E-state index contributed by atoms with van der Waals surface area (Å²) in [6, 6.07) is 0.505. The highest BCUT2D eigenvalue weighted by molar-refractivity contribution is 5.78. The highest BCUT2D eigenvalue weighted by Crippen LogP contribution is 2.29. The molecule has 98 valence electrons. The molecule has 1 unspecified atom stereocenters. The Balaban J connectivity index is 1.79. The van der Waals surface area contributed by atoms with Gasteiger partial charge in [-0.2, -0.15) is 0 Å². The van der Waals surface area contributed by atoms with E-state index in [4.69, 9.17) is 0 Å². The van der Waals surface area contributed by atoms with Crippen molar-refractivity contribution in [2.75, 3.05) is 26.7 Å². The number of hydrogen-bond acceptors (Lipinski definition) is 2. The SMILES string of the molecule is CCC1CCCCN1C(=O)CN(C)CC1CC1. The largest absolute Gasteiger partial charge is 0.339 e. The molecule has 0 bridgehead atoms. The fourth-order valence-electron chi connectivity index (χ4n) is 2.88. The zero-order valence-electron chi connectivity index (χ0n) is 11.3. The minimum atomic E-state index is 0.347. The van der Waals surface area contributed by atoms with E-state index in [1.165, 1.54) is 32.1 Å². The third-order valence-electron chi connectivity index (χ3n) is 4.09. The molecule has 1 atom stereocenters. The van der Waals surface area contributed by atoms with Crippen LogP contribution >= 0.6 is 0 Å². The topological polar surface area (TPSA) is 23.6 Å². The van der Waals surface area contributed by atoms with Gasteiger partial charge in [0, 0.05) is 19.1 Å². The Bertz CT molecular complexity index is 263. The van der Waals surface area contributed by atoms with Gasteiger partial charge < -0.3 is 4.90 Å². The average molecular weight is 238 g/mol. The van der Waals surface area contributed by atoms with E-state index in [-0.39, 0.29) is 0 Å². The predicted octanol–water partition coefficient (Wildman–Crippen LogP) is 2.12. The number of amides is 1. The molecule has 0 N–H and O–H groups in total. The van der Waals surface area contributed by atoms with Gasteiger partial charge in [0.2, 0.25) is 5.91 Å². The molecule has 2 fully saturated rings. The second kappa shape index (κ2) is 5.85. The molecule has 1 amide bonds. The summed E-state index contributed by atoms with van der Waals surface area (Å²) in [4.78, 5) is 16.6. The summed E-state index contributed by atoms with van der Waals surface area (Å²) in [6.07, 6.45) is 7.51. The van der Waals surface area contributed by atoms with Gasteiger partial charge >= 0.3 is 0 Å². The second-order valence-corrected chi connectivity index (χ2v) is 5.79. The molecule has 0 aromatic heterocycles. The summed E-state index contributed by atoms with van der Waals surface area (Å²) in [5.74, 6) is 1.22. The van der Waals surface area contributed by atoms with Crippen molar-refractivity contribution in [1.82, 2.24) is 9.80 Å². The summed E-state index contributed by atoms with van der Waals surface area (Å²) >= 11 is 0. The maximum Gasteiger partial charge on any atom is 0.236 e. The smallest absolute Gasteiger partial charge is 0.236 e. The average Bonchev–Trinajstić information content (AvgIpc) is 3.12. The van der Waals surface area contributed by atoms with Crippen molar-refractivity contribution in [3.63, 3.8) is 0 Å². The van der Waals surface area contributed by atoms with Crippen molar-refractivity contribution in [3.8, 4) is 0 Å². The molecular weight excluding hydrogens is 212 g/mol. The van der Waals surface area contributed by atoms with Crippen LogP contribution in [-0.4, -0.2) is 48.4 Å². The Morgan fingerprint density at radius 2 is 2.06 bits per heavy atom. The van der Waals surface area contributed by atoms with Crippen LogP contribution in [0.1, 0.15) is 45.4 Å². The van der Waals surface area contributed by atoms with Gasteiger partial charge in [0.05, 0.1) is 6.54 Å². The lowest BCUT2D eigenvalue weighted by atomic mass is 10.00. The first-order valence-corrected chi connectivity index (χ1v) is 7.18. The van der Waals surface area contributed by atoms with Crippen LogP contribution in [0.25, 0.3) is 0 Å². The zero-order valence-corrected chi connectivity index (χ0v) is 11.3. The maximum absolute atomic E-state index is 12.3. The third kappa shape index (κ3) is 3.70. The number of rotatable bonds is 5. The van der Waals surface area contributed by atoms with Gasteiger partial charge in [-0.05, 0) is 51.5 Å². The molecule has 3 nitrogen and oxygen atoms in total. The predicted molar refractivity (Wildman–Crippen MR) is 69.9 cm³/mol. The molecule has 1 saturated carbocycles. The van der Waals surface area contributed by atoms with Crippen LogP contribution in [0, 0.1) is 5.92 Å². The lowest BCUT2D eigenvalue weighted by molar-refractivity contribution is -0.135. The normalized spacial score (nSPS) is 25.4. The molecule has 1 aliphatic heterocycles. The Morgan fingerprint density at radius 1 is 1.29 bits per heavy atom. The van der Waals surface area contributed by atoms with Crippen molar-refractivity contribution in [2.24, 2.45) is 5.92 Å². The highest BCUT2D eigenvalue weighted by Gasteiger charge is 2.27. The van der Waals surface area contributed by atoms with Gasteiger partial charge in [-0.15, -0.1) is 0 Å². The standard InChI is InChI=1S/C14H26N2O/c1-3-13-6-4-5-9-16(13)14(17)11-15(2)10-12-7-8-12/h12-13H,3-11H2,1-2H3. The van der Waals surface area contributed by atoms with Crippen molar-refractivity contribution >= 4 is 5.91 Å². The Kier molecular flexibility index (Phi) is 4.43. The summed E-state index contributed by atoms with van der Waals surface area (Å²) in [5.41, 5.74) is 0. The van der Waals surface area contributed by atoms with E-state index >= 15 is 0 Å². The number of carbonyl (C=O) groups excluding carboxylic acids is 1. The number of likely N-dealkylation sites (tertiary alicyclic amines) is 1. The Hall–Kier alpha value is -0.570. The summed E-state index contributed by atoms with van der Waals surface area (Å²) < 4.78 is 0. The van der Waals surface area contributed by atoms with Crippen LogP contribution in [0.4, 0.5) is 0 Å². The molecule has 0 aromatic carbocycles. The zero-order chi connectivity index (χ0) is 12.3. The first kappa shape index (κ1) is 12.9. The molecule has 3 heteroatoms. The molecule has 1 aliphatic carbocycles. The number of piperidine rings is 1. The van der Waals surface area contributed by atoms with Crippen molar-refractivity contribution in [1.29, 1.82) is 0 Å². The van der Waals surface area contributed by atoms with E-state index in [9.17, 15) is 4.79 Å². The lowest BCUT2D eigenvalue weighted by Gasteiger charge is -2.36. The van der Waals surface area contributed by atoms with E-state index in [2.05, 4.69) is 23.8 Å². The van der Waals surface area contributed by atoms with Gasteiger partial charge in [0.15, 0.2) is 0 Å². The molecule has 0 spiro atoms. The van der Waals surface area contributed by atoms with E-state index in [0.717, 1.165) is 25.4 Å². The lowest BCUT2D eigenvalue weighted by Crippen LogP contribution is -2.47. The van der Waals surface area contributed by atoms with E-state index in [0.29, 0.717) is 18.5 Å². The van der Waals surface area contributed by atoms with Crippen LogP contribution in [-0.2, 0) is 4.79 Å². The summed E-state index contributed by atoms with van der Waals surface area (Å²) in [6.45, 7) is 4.90. The van der Waals surface area contributed by atoms with Gasteiger partial charge in [-0.1, -0.05) is 6.92 Å². The van der Waals surface area contributed by atoms with Crippen molar-refractivity contribution in [3.05, 3.63) is 0 Å². The van der Waals surface area contributed by atoms with Crippen LogP contribution in [0.2, 0.25) is 0 Å². The molecule has 17 heavy (non-hydrogen) atoms. The fraction of sp³-hybridized carbons (Fsp3) is 0.929. The van der Waals surface area contributed by atoms with Crippen LogP contribution in [0.5, 0.6) is 0 Å². The monoisotopic (exact) mass is 238 g/mol. The highest BCUT2D eigenvalue weighted by atomic mass is 16.2. The van der Waals surface area contributed by atoms with Gasteiger partial charge in [0.25, 0.3) is 0 Å². The number of hydrogen-bond donors (Lipinski definition) is 0. The first-order valence-electron chi connectivity index (χ1n) is 7.18. The Labute approximate surface area is 105 Å². The molecule has 2 aliphatic rings. The summed E-state index contributed by atoms with van der Waals surface area (Å²) in [7, 11) is 2.08. The van der Waals surface area contributed by atoms with Crippen LogP contribution in [0.3, 0.4) is 0 Å². The first-order chi connectivity index (χ1) is 8.20. The summed E-state index contributed by atoms with van der Waals surface area (Å²) in [5, 5.41) is 0. The van der Waals surface area contributed by atoms with E-state index in [1.807, 2.05) is 0 Å². The van der Waals surface area contributed by atoms with Gasteiger partial charge in [-0.3, -0.25) is 9.69 Å². The van der Waals surface area contributed by atoms with E-state index in [1.54, 1.807) is 0 Å². The van der Waals surface area contributed by atoms with E-state index < -0.39 is 0 Å². The van der Waals surface area contributed by atoms with Gasteiger partial charge in [0.1, 0.15) is 0 Å². The Morgan fingerprint density at radius 3 is 2.71 bits per heavy atom. The quantitative estimate of drug-likeness (QED) is 0.732. The molecule has 1 saturated heterocycles. The minimum Gasteiger partial charge on any atom is -0.339 e. The number of likely N-dealkylation sites (N-methyl/N-ethyl adjacent to an activating group) is 1. The van der Waals surface area contributed by atoms with Crippen molar-refractivity contribution < 1.29 is 4.79 Å². The third-order valence-corrected chi connectivity index (χ3v) is 4.09. The fourth-order valence-corrected chi connectivity index (χ4v) is 2.88. The minimum absolute atomic E-state index is 0.347. The van der Waals surface area contributed by atoms with Crippen molar-refractivity contribution in [2.45, 2.75) is 51.5 Å².